The standard InChI is InChI=1S/C25H29N3O4/c29-23(21-11-12-21)27-13-15-28(16-14-27)24(30)22(17-19-7-3-1-4-8-19)26-25(31)32-18-20-9-5-2-6-10-20/h1-10,21-22H,11-18H2,(H,26,31). The van der Waals surface area contributed by atoms with Crippen LogP contribution in [0.15, 0.2) is 60.7 Å². The molecule has 1 heterocycles. The topological polar surface area (TPSA) is 79.0 Å². The molecule has 0 spiro atoms. The molecule has 0 aromatic heterocycles. The average molecular weight is 436 g/mol. The number of hydrogen-bond acceptors (Lipinski definition) is 4. The summed E-state index contributed by atoms with van der Waals surface area (Å²) in [6.45, 7) is 2.17. The van der Waals surface area contributed by atoms with E-state index in [0.29, 0.717) is 32.6 Å². The fourth-order valence-electron chi connectivity index (χ4n) is 3.91. The Labute approximate surface area is 188 Å². The van der Waals surface area contributed by atoms with E-state index in [1.165, 1.54) is 0 Å². The van der Waals surface area contributed by atoms with E-state index in [9.17, 15) is 14.4 Å². The number of carbonyl (C=O) groups excluding carboxylic acids is 3. The van der Waals surface area contributed by atoms with Crippen molar-refractivity contribution in [1.82, 2.24) is 15.1 Å². The van der Waals surface area contributed by atoms with Crippen LogP contribution in [0.25, 0.3) is 0 Å². The lowest BCUT2D eigenvalue weighted by Crippen LogP contribution is -2.56. The number of piperazine rings is 1. The molecule has 2 fully saturated rings. The van der Waals surface area contributed by atoms with Crippen LogP contribution in [0.2, 0.25) is 0 Å². The van der Waals surface area contributed by atoms with E-state index in [1.807, 2.05) is 65.6 Å². The molecule has 1 saturated carbocycles. The Morgan fingerprint density at radius 3 is 2.00 bits per heavy atom. The van der Waals surface area contributed by atoms with Crippen molar-refractivity contribution in [3.8, 4) is 0 Å². The van der Waals surface area contributed by atoms with E-state index in [2.05, 4.69) is 5.32 Å². The van der Waals surface area contributed by atoms with Crippen molar-refractivity contribution in [1.29, 1.82) is 0 Å². The Hall–Kier alpha value is -3.35. The molecule has 1 atom stereocenters. The number of amides is 3. The molecule has 0 radical (unpaired) electrons. The minimum absolute atomic E-state index is 0.140. The number of alkyl carbamates (subject to hydrolysis) is 1. The monoisotopic (exact) mass is 435 g/mol. The molecule has 1 unspecified atom stereocenters. The van der Waals surface area contributed by atoms with Gasteiger partial charge in [0.05, 0.1) is 0 Å². The molecule has 2 aliphatic rings. The summed E-state index contributed by atoms with van der Waals surface area (Å²) in [6, 6.07) is 18.3. The van der Waals surface area contributed by atoms with E-state index in [4.69, 9.17) is 4.74 Å². The largest absolute Gasteiger partial charge is 0.445 e. The maximum absolute atomic E-state index is 13.3. The SMILES string of the molecule is O=C(NC(Cc1ccccc1)C(=O)N1CCN(C(=O)C2CC2)CC1)OCc1ccccc1. The fourth-order valence-corrected chi connectivity index (χ4v) is 3.91. The number of benzene rings is 2. The summed E-state index contributed by atoms with van der Waals surface area (Å²) in [6.07, 6.45) is 1.71. The molecule has 1 aliphatic heterocycles. The summed E-state index contributed by atoms with van der Waals surface area (Å²) in [5.41, 5.74) is 1.83. The van der Waals surface area contributed by atoms with Crippen molar-refractivity contribution in [2.24, 2.45) is 5.92 Å². The predicted molar refractivity (Wildman–Crippen MR) is 120 cm³/mol. The number of carbonyl (C=O) groups is 3. The molecule has 4 rings (SSSR count). The van der Waals surface area contributed by atoms with Crippen LogP contribution < -0.4 is 5.32 Å². The smallest absolute Gasteiger partial charge is 0.408 e. The highest BCUT2D eigenvalue weighted by Crippen LogP contribution is 2.31. The molecule has 32 heavy (non-hydrogen) atoms. The summed E-state index contributed by atoms with van der Waals surface area (Å²) in [5.74, 6) is 0.244. The van der Waals surface area contributed by atoms with E-state index in [0.717, 1.165) is 24.0 Å². The Balaban J connectivity index is 1.36. The van der Waals surface area contributed by atoms with Crippen molar-refractivity contribution in [3.63, 3.8) is 0 Å². The van der Waals surface area contributed by atoms with Gasteiger partial charge in [0.25, 0.3) is 0 Å². The molecule has 0 bridgehead atoms. The second-order valence-electron chi connectivity index (χ2n) is 8.37. The second kappa shape index (κ2) is 10.3. The number of rotatable bonds is 7. The third kappa shape index (κ3) is 5.87. The maximum atomic E-state index is 13.3. The van der Waals surface area contributed by atoms with Gasteiger partial charge in [0.1, 0.15) is 12.6 Å². The van der Waals surface area contributed by atoms with E-state index >= 15 is 0 Å². The summed E-state index contributed by atoms with van der Waals surface area (Å²) >= 11 is 0. The van der Waals surface area contributed by atoms with Gasteiger partial charge in [-0.15, -0.1) is 0 Å². The lowest BCUT2D eigenvalue weighted by atomic mass is 10.0. The molecular weight excluding hydrogens is 406 g/mol. The number of nitrogens with one attached hydrogen (secondary N) is 1. The van der Waals surface area contributed by atoms with Crippen LogP contribution >= 0.6 is 0 Å². The molecule has 7 nitrogen and oxygen atoms in total. The third-order valence-corrected chi connectivity index (χ3v) is 5.92. The minimum atomic E-state index is -0.730. The first-order valence-corrected chi connectivity index (χ1v) is 11.2. The zero-order valence-corrected chi connectivity index (χ0v) is 18.1. The molecule has 2 aromatic rings. The average Bonchev–Trinajstić information content (AvgIpc) is 3.68. The first kappa shape index (κ1) is 21.9. The summed E-state index contributed by atoms with van der Waals surface area (Å²) in [5, 5.41) is 2.76. The molecular formula is C25H29N3O4. The lowest BCUT2D eigenvalue weighted by Gasteiger charge is -2.36. The van der Waals surface area contributed by atoms with E-state index < -0.39 is 12.1 Å². The number of nitrogens with zero attached hydrogens (tertiary/aromatic N) is 2. The molecule has 1 aliphatic carbocycles. The number of hydrogen-bond donors (Lipinski definition) is 1. The van der Waals surface area contributed by atoms with Crippen LogP contribution in [0.1, 0.15) is 24.0 Å². The molecule has 3 amide bonds. The Morgan fingerprint density at radius 2 is 1.41 bits per heavy atom. The van der Waals surface area contributed by atoms with Crippen molar-refractivity contribution in [3.05, 3.63) is 71.8 Å². The van der Waals surface area contributed by atoms with Crippen molar-refractivity contribution >= 4 is 17.9 Å². The van der Waals surface area contributed by atoms with Crippen LogP contribution in [0.3, 0.4) is 0 Å². The molecule has 7 heteroatoms. The highest BCUT2D eigenvalue weighted by molar-refractivity contribution is 5.86. The Kier molecular flexibility index (Phi) is 7.04. The molecule has 1 saturated heterocycles. The van der Waals surface area contributed by atoms with Crippen molar-refractivity contribution in [2.75, 3.05) is 26.2 Å². The van der Waals surface area contributed by atoms with Gasteiger partial charge >= 0.3 is 6.09 Å². The summed E-state index contributed by atoms with van der Waals surface area (Å²) in [4.78, 5) is 41.6. The van der Waals surface area contributed by atoms with Gasteiger partial charge in [-0.25, -0.2) is 4.79 Å². The van der Waals surface area contributed by atoms with Crippen molar-refractivity contribution < 1.29 is 19.1 Å². The molecule has 2 aromatic carbocycles. The first-order chi connectivity index (χ1) is 15.6. The third-order valence-electron chi connectivity index (χ3n) is 5.92. The van der Waals surface area contributed by atoms with E-state index in [1.54, 1.807) is 4.90 Å². The lowest BCUT2D eigenvalue weighted by molar-refractivity contribution is -0.141. The van der Waals surface area contributed by atoms with Crippen LogP contribution in [0, 0.1) is 5.92 Å². The van der Waals surface area contributed by atoms with Gasteiger partial charge in [-0.3, -0.25) is 9.59 Å². The predicted octanol–water partition coefficient (Wildman–Crippen LogP) is 2.60. The van der Waals surface area contributed by atoms with Gasteiger partial charge in [-0.1, -0.05) is 60.7 Å². The van der Waals surface area contributed by atoms with Gasteiger partial charge in [0.15, 0.2) is 0 Å². The highest BCUT2D eigenvalue weighted by Gasteiger charge is 2.36. The van der Waals surface area contributed by atoms with E-state index in [-0.39, 0.29) is 24.3 Å². The Bertz CT molecular complexity index is 923. The first-order valence-electron chi connectivity index (χ1n) is 11.2. The van der Waals surface area contributed by atoms with Crippen molar-refractivity contribution in [2.45, 2.75) is 31.9 Å². The summed E-state index contributed by atoms with van der Waals surface area (Å²) < 4.78 is 5.34. The van der Waals surface area contributed by atoms with Crippen LogP contribution in [-0.2, 0) is 27.4 Å². The van der Waals surface area contributed by atoms with Crippen LogP contribution in [-0.4, -0.2) is 59.9 Å². The van der Waals surface area contributed by atoms with Gasteiger partial charge in [0, 0.05) is 38.5 Å². The second-order valence-corrected chi connectivity index (χ2v) is 8.37. The minimum Gasteiger partial charge on any atom is -0.445 e. The quantitative estimate of drug-likeness (QED) is 0.725. The number of ether oxygens (including phenoxy) is 1. The van der Waals surface area contributed by atoms with Gasteiger partial charge in [-0.2, -0.15) is 0 Å². The zero-order chi connectivity index (χ0) is 22.3. The van der Waals surface area contributed by atoms with Gasteiger partial charge in [0.2, 0.25) is 11.8 Å². The van der Waals surface area contributed by atoms with Gasteiger partial charge in [-0.05, 0) is 24.0 Å². The van der Waals surface area contributed by atoms with Crippen LogP contribution in [0.4, 0.5) is 4.79 Å². The van der Waals surface area contributed by atoms with Crippen LogP contribution in [0.5, 0.6) is 0 Å². The van der Waals surface area contributed by atoms with Gasteiger partial charge < -0.3 is 19.9 Å². The molecule has 168 valence electrons. The maximum Gasteiger partial charge on any atom is 0.408 e. The highest BCUT2D eigenvalue weighted by atomic mass is 16.5. The zero-order valence-electron chi connectivity index (χ0n) is 18.1. The molecule has 1 N–H and O–H groups in total. The fraction of sp³-hybridized carbons (Fsp3) is 0.400. The normalized spacial score (nSPS) is 16.9. The Morgan fingerprint density at radius 1 is 0.844 bits per heavy atom. The summed E-state index contributed by atoms with van der Waals surface area (Å²) in [7, 11) is 0.